The molecule has 0 atom stereocenters. The Morgan fingerprint density at radius 1 is 1.05 bits per heavy atom. The average Bonchev–Trinajstić information content (AvgIpc) is 2.46. The lowest BCUT2D eigenvalue weighted by Crippen LogP contribution is -1.93. The molecule has 0 saturated carbocycles. The molecule has 2 aromatic carbocycles. The van der Waals surface area contributed by atoms with Crippen LogP contribution in [0.15, 0.2) is 36.4 Å². The number of hydrogen-bond acceptors (Lipinski definition) is 3. The fourth-order valence-electron chi connectivity index (χ4n) is 1.86. The minimum atomic E-state index is -0.465. The summed E-state index contributed by atoms with van der Waals surface area (Å²) < 4.78 is 23.6. The maximum Gasteiger partial charge on any atom is 0.165 e. The predicted octanol–water partition coefficient (Wildman–Crippen LogP) is 3.32. The summed E-state index contributed by atoms with van der Waals surface area (Å²) in [5.74, 6) is 0.289. The summed E-state index contributed by atoms with van der Waals surface area (Å²) in [6.07, 6.45) is 0.722. The molecular formula is C15H13FO3. The number of halogens is 1. The van der Waals surface area contributed by atoms with Crippen LogP contribution in [-0.4, -0.2) is 20.5 Å². The van der Waals surface area contributed by atoms with E-state index in [0.717, 1.165) is 6.29 Å². The molecule has 0 fully saturated rings. The summed E-state index contributed by atoms with van der Waals surface area (Å²) in [7, 11) is 2.93. The van der Waals surface area contributed by atoms with Crippen molar-refractivity contribution in [2.45, 2.75) is 0 Å². The minimum absolute atomic E-state index is 0.171. The van der Waals surface area contributed by atoms with E-state index < -0.39 is 5.82 Å². The van der Waals surface area contributed by atoms with Crippen molar-refractivity contribution in [2.75, 3.05) is 14.2 Å². The van der Waals surface area contributed by atoms with Crippen LogP contribution in [0.1, 0.15) is 10.4 Å². The Bertz CT molecular complexity index is 608. The summed E-state index contributed by atoms with van der Waals surface area (Å²) in [6.45, 7) is 0. The van der Waals surface area contributed by atoms with E-state index in [-0.39, 0.29) is 5.75 Å². The van der Waals surface area contributed by atoms with Gasteiger partial charge in [0.05, 0.1) is 14.2 Å². The van der Waals surface area contributed by atoms with Crippen LogP contribution in [0.2, 0.25) is 0 Å². The van der Waals surface area contributed by atoms with E-state index in [0.29, 0.717) is 22.4 Å². The number of carbonyl (C=O) groups excluding carboxylic acids is 1. The van der Waals surface area contributed by atoms with Crippen LogP contribution >= 0.6 is 0 Å². The molecule has 0 N–H and O–H groups in total. The van der Waals surface area contributed by atoms with Gasteiger partial charge in [0.1, 0.15) is 5.75 Å². The second-order valence-corrected chi connectivity index (χ2v) is 3.92. The Balaban J connectivity index is 2.52. The van der Waals surface area contributed by atoms with Gasteiger partial charge in [0.25, 0.3) is 0 Å². The number of hydrogen-bond donors (Lipinski definition) is 0. The highest BCUT2D eigenvalue weighted by atomic mass is 19.1. The fourth-order valence-corrected chi connectivity index (χ4v) is 1.86. The molecule has 0 bridgehead atoms. The van der Waals surface area contributed by atoms with Gasteiger partial charge < -0.3 is 9.47 Å². The molecule has 0 aliphatic rings. The first-order chi connectivity index (χ1) is 9.19. The molecule has 0 heterocycles. The lowest BCUT2D eigenvalue weighted by molar-refractivity contribution is 0.112. The molecule has 0 radical (unpaired) electrons. The standard InChI is InChI=1S/C15H13FO3/c1-18-12-4-5-13(11(7-12)9-17)10-3-6-15(19-2)14(16)8-10/h3-9H,1-2H3. The van der Waals surface area contributed by atoms with Crippen LogP contribution in [-0.2, 0) is 0 Å². The third-order valence-corrected chi connectivity index (χ3v) is 2.85. The van der Waals surface area contributed by atoms with Crippen molar-refractivity contribution < 1.29 is 18.7 Å². The van der Waals surface area contributed by atoms with E-state index in [1.807, 2.05) is 0 Å². The van der Waals surface area contributed by atoms with Gasteiger partial charge in [0.15, 0.2) is 17.9 Å². The van der Waals surface area contributed by atoms with E-state index in [9.17, 15) is 9.18 Å². The molecule has 2 rings (SSSR count). The van der Waals surface area contributed by atoms with Crippen molar-refractivity contribution in [1.29, 1.82) is 0 Å². The summed E-state index contributed by atoms with van der Waals surface area (Å²) in [6, 6.07) is 9.65. The zero-order chi connectivity index (χ0) is 13.8. The van der Waals surface area contributed by atoms with E-state index in [1.54, 1.807) is 24.3 Å². The molecule has 2 aromatic rings. The number of carbonyl (C=O) groups is 1. The minimum Gasteiger partial charge on any atom is -0.497 e. The molecule has 0 amide bonds. The maximum atomic E-state index is 13.7. The molecular weight excluding hydrogens is 247 g/mol. The van der Waals surface area contributed by atoms with E-state index >= 15 is 0 Å². The first-order valence-corrected chi connectivity index (χ1v) is 5.66. The first-order valence-electron chi connectivity index (χ1n) is 5.66. The topological polar surface area (TPSA) is 35.5 Å². The van der Waals surface area contributed by atoms with Gasteiger partial charge in [-0.2, -0.15) is 0 Å². The quantitative estimate of drug-likeness (QED) is 0.791. The molecule has 19 heavy (non-hydrogen) atoms. The Morgan fingerprint density at radius 2 is 1.84 bits per heavy atom. The molecule has 0 saturated heterocycles. The molecule has 3 nitrogen and oxygen atoms in total. The van der Waals surface area contributed by atoms with Crippen molar-refractivity contribution in [1.82, 2.24) is 0 Å². The van der Waals surface area contributed by atoms with Gasteiger partial charge in [-0.15, -0.1) is 0 Å². The fraction of sp³-hybridized carbons (Fsp3) is 0.133. The summed E-state index contributed by atoms with van der Waals surface area (Å²) in [5.41, 5.74) is 1.71. The highest BCUT2D eigenvalue weighted by Gasteiger charge is 2.09. The highest BCUT2D eigenvalue weighted by Crippen LogP contribution is 2.29. The predicted molar refractivity (Wildman–Crippen MR) is 70.3 cm³/mol. The Hall–Kier alpha value is -2.36. The number of methoxy groups -OCH3 is 2. The smallest absolute Gasteiger partial charge is 0.165 e. The number of ether oxygens (including phenoxy) is 2. The molecule has 98 valence electrons. The van der Waals surface area contributed by atoms with Gasteiger partial charge in [-0.25, -0.2) is 4.39 Å². The molecule has 0 aliphatic heterocycles. The zero-order valence-corrected chi connectivity index (χ0v) is 10.6. The number of rotatable bonds is 4. The van der Waals surface area contributed by atoms with Crippen molar-refractivity contribution in [3.05, 3.63) is 47.8 Å². The molecule has 0 aliphatic carbocycles. The molecule has 0 spiro atoms. The van der Waals surface area contributed by atoms with Gasteiger partial charge in [-0.3, -0.25) is 4.79 Å². The van der Waals surface area contributed by atoms with Gasteiger partial charge in [0, 0.05) is 5.56 Å². The maximum absolute atomic E-state index is 13.7. The summed E-state index contributed by atoms with van der Waals surface area (Å²) in [4.78, 5) is 11.1. The normalized spacial score (nSPS) is 10.1. The second-order valence-electron chi connectivity index (χ2n) is 3.92. The zero-order valence-electron chi connectivity index (χ0n) is 10.6. The largest absolute Gasteiger partial charge is 0.497 e. The van der Waals surface area contributed by atoms with E-state index in [1.165, 1.54) is 26.4 Å². The van der Waals surface area contributed by atoms with E-state index in [2.05, 4.69) is 0 Å². The summed E-state index contributed by atoms with van der Waals surface area (Å²) in [5, 5.41) is 0. The van der Waals surface area contributed by atoms with Gasteiger partial charge in [-0.1, -0.05) is 6.07 Å². The average molecular weight is 260 g/mol. The van der Waals surface area contributed by atoms with Crippen LogP contribution in [0.4, 0.5) is 4.39 Å². The van der Waals surface area contributed by atoms with Crippen molar-refractivity contribution in [2.24, 2.45) is 0 Å². The lowest BCUT2D eigenvalue weighted by atomic mass is 10.00. The highest BCUT2D eigenvalue weighted by molar-refractivity contribution is 5.88. The first kappa shape index (κ1) is 13.1. The van der Waals surface area contributed by atoms with Crippen molar-refractivity contribution in [3.63, 3.8) is 0 Å². The molecule has 0 aromatic heterocycles. The van der Waals surface area contributed by atoms with Crippen LogP contribution in [0, 0.1) is 5.82 Å². The second kappa shape index (κ2) is 5.52. The third-order valence-electron chi connectivity index (χ3n) is 2.85. The molecule has 4 heteroatoms. The van der Waals surface area contributed by atoms with Crippen molar-refractivity contribution >= 4 is 6.29 Å². The van der Waals surface area contributed by atoms with Crippen LogP contribution < -0.4 is 9.47 Å². The Kier molecular flexibility index (Phi) is 3.80. The van der Waals surface area contributed by atoms with Crippen LogP contribution in [0.25, 0.3) is 11.1 Å². The SMILES string of the molecule is COc1ccc(-c2ccc(OC)c(F)c2)c(C=O)c1. The summed E-state index contributed by atoms with van der Waals surface area (Å²) >= 11 is 0. The Morgan fingerprint density at radius 3 is 2.42 bits per heavy atom. The number of benzene rings is 2. The number of aldehydes is 1. The lowest BCUT2D eigenvalue weighted by Gasteiger charge is -2.09. The van der Waals surface area contributed by atoms with Crippen LogP contribution in [0.5, 0.6) is 11.5 Å². The van der Waals surface area contributed by atoms with Gasteiger partial charge in [0.2, 0.25) is 0 Å². The van der Waals surface area contributed by atoms with Gasteiger partial charge in [-0.05, 0) is 41.5 Å². The van der Waals surface area contributed by atoms with Crippen molar-refractivity contribution in [3.8, 4) is 22.6 Å². The van der Waals surface area contributed by atoms with Crippen LogP contribution in [0.3, 0.4) is 0 Å². The van der Waals surface area contributed by atoms with E-state index in [4.69, 9.17) is 9.47 Å². The van der Waals surface area contributed by atoms with Gasteiger partial charge >= 0.3 is 0 Å². The third kappa shape index (κ3) is 2.57. The monoisotopic (exact) mass is 260 g/mol. The Labute approximate surface area is 110 Å². The molecule has 0 unspecified atom stereocenters.